The molecule has 1 aliphatic carbocycles. The van der Waals surface area contributed by atoms with Crippen molar-refractivity contribution in [2.24, 2.45) is 11.8 Å². The summed E-state index contributed by atoms with van der Waals surface area (Å²) in [5, 5.41) is 3.20. The maximum absolute atomic E-state index is 13.4. The zero-order valence-electron chi connectivity index (χ0n) is 18.8. The first kappa shape index (κ1) is 22.5. The van der Waals surface area contributed by atoms with Crippen molar-refractivity contribution < 1.29 is 14.3 Å². The Kier molecular flexibility index (Phi) is 6.89. The molecule has 2 aromatic carbocycles. The number of nitrogens with zero attached hydrogens (tertiary/aromatic N) is 1. The largest absolute Gasteiger partial charge is 0.497 e. The second-order valence-corrected chi connectivity index (χ2v) is 9.77. The second-order valence-electron chi connectivity index (χ2n) is 8.68. The number of ether oxygens (including phenoxy) is 1. The zero-order valence-corrected chi connectivity index (χ0v) is 19.7. The number of hydrogen-bond acceptors (Lipinski definition) is 4. The summed E-state index contributed by atoms with van der Waals surface area (Å²) in [6, 6.07) is 15.5. The van der Waals surface area contributed by atoms with Crippen molar-refractivity contribution >= 4 is 35.3 Å². The van der Waals surface area contributed by atoms with Crippen molar-refractivity contribution in [1.29, 1.82) is 0 Å². The Bertz CT molecular complexity index is 1020. The summed E-state index contributed by atoms with van der Waals surface area (Å²) in [7, 11) is 1.63. The van der Waals surface area contributed by atoms with Gasteiger partial charge in [0.05, 0.1) is 17.7 Å². The molecular formula is C26H30N2O3S. The number of anilines is 1. The highest BCUT2D eigenvalue weighted by Crippen LogP contribution is 2.42. The molecule has 0 spiro atoms. The summed E-state index contributed by atoms with van der Waals surface area (Å²) in [5.41, 5.74) is 1.70. The van der Waals surface area contributed by atoms with Gasteiger partial charge in [-0.3, -0.25) is 14.5 Å². The highest BCUT2D eigenvalue weighted by atomic mass is 32.2. The van der Waals surface area contributed by atoms with Gasteiger partial charge in [0.1, 0.15) is 12.3 Å². The van der Waals surface area contributed by atoms with E-state index in [9.17, 15) is 9.59 Å². The van der Waals surface area contributed by atoms with Crippen LogP contribution in [0.3, 0.4) is 0 Å². The maximum Gasteiger partial charge on any atom is 0.265 e. The molecule has 1 fully saturated rings. The summed E-state index contributed by atoms with van der Waals surface area (Å²) in [4.78, 5) is 29.5. The van der Waals surface area contributed by atoms with Crippen molar-refractivity contribution in [1.82, 2.24) is 5.32 Å². The predicted molar refractivity (Wildman–Crippen MR) is 130 cm³/mol. The maximum atomic E-state index is 13.4. The van der Waals surface area contributed by atoms with Crippen LogP contribution in [0.2, 0.25) is 0 Å². The Morgan fingerprint density at radius 1 is 1.16 bits per heavy atom. The molecule has 0 saturated heterocycles. The third-order valence-corrected chi connectivity index (χ3v) is 7.68. The Labute approximate surface area is 194 Å². The number of amides is 2. The van der Waals surface area contributed by atoms with E-state index in [4.69, 9.17) is 4.74 Å². The Hall–Kier alpha value is -2.73. The molecule has 1 saturated carbocycles. The molecule has 0 unspecified atom stereocenters. The first-order valence-electron chi connectivity index (χ1n) is 11.2. The van der Waals surface area contributed by atoms with Gasteiger partial charge in [0.2, 0.25) is 5.91 Å². The van der Waals surface area contributed by atoms with E-state index in [0.717, 1.165) is 34.7 Å². The Morgan fingerprint density at radius 2 is 1.91 bits per heavy atom. The summed E-state index contributed by atoms with van der Waals surface area (Å²) >= 11 is 1.44. The average molecular weight is 451 g/mol. The van der Waals surface area contributed by atoms with Crippen LogP contribution < -0.4 is 15.0 Å². The number of hydrogen-bond donors (Lipinski definition) is 1. The van der Waals surface area contributed by atoms with Crippen molar-refractivity contribution in [3.8, 4) is 5.75 Å². The summed E-state index contributed by atoms with van der Waals surface area (Å²) in [6.45, 7) is 4.48. The number of fused-ring (bicyclic) bond motifs is 1. The number of para-hydroxylation sites is 1. The van der Waals surface area contributed by atoms with Gasteiger partial charge in [-0.05, 0) is 54.2 Å². The minimum Gasteiger partial charge on any atom is -0.497 e. The lowest BCUT2D eigenvalue weighted by atomic mass is 9.78. The number of rotatable bonds is 5. The van der Waals surface area contributed by atoms with Gasteiger partial charge in [0.25, 0.3) is 5.91 Å². The van der Waals surface area contributed by atoms with E-state index in [1.54, 1.807) is 12.0 Å². The highest BCUT2D eigenvalue weighted by molar-refractivity contribution is 8.04. The van der Waals surface area contributed by atoms with Crippen molar-refractivity contribution in [3.63, 3.8) is 0 Å². The molecule has 1 heterocycles. The number of benzene rings is 2. The molecule has 3 atom stereocenters. The SMILES string of the molecule is COc1ccc(/C=C2\Sc3ccccc3N(CC(=O)N[C@@H]3CCC[C@@H](C)[C@H]3C)C2=O)cc1. The summed E-state index contributed by atoms with van der Waals surface area (Å²) in [5.74, 6) is 1.56. The van der Waals surface area contributed by atoms with Gasteiger partial charge in [-0.2, -0.15) is 0 Å². The van der Waals surface area contributed by atoms with Crippen LogP contribution in [-0.2, 0) is 9.59 Å². The number of methoxy groups -OCH3 is 1. The van der Waals surface area contributed by atoms with E-state index in [-0.39, 0.29) is 24.4 Å². The standard InChI is InChI=1S/C26H30N2O3S/c1-17-7-6-8-21(18(17)2)27-25(29)16-28-22-9-4-5-10-23(22)32-24(26(28)30)15-19-11-13-20(31-3)14-12-19/h4-5,9-15,17-18,21H,6-8,16H2,1-3H3,(H,27,29)/b24-15-/t17-,18-,21-/m1/s1. The summed E-state index contributed by atoms with van der Waals surface area (Å²) < 4.78 is 5.22. The van der Waals surface area contributed by atoms with Crippen molar-refractivity contribution in [3.05, 3.63) is 59.0 Å². The molecule has 6 heteroatoms. The van der Waals surface area contributed by atoms with Gasteiger partial charge in [0, 0.05) is 10.9 Å². The number of carbonyl (C=O) groups is 2. The topological polar surface area (TPSA) is 58.6 Å². The molecule has 32 heavy (non-hydrogen) atoms. The molecular weight excluding hydrogens is 420 g/mol. The van der Waals surface area contributed by atoms with Gasteiger partial charge in [-0.25, -0.2) is 0 Å². The van der Waals surface area contributed by atoms with Gasteiger partial charge < -0.3 is 10.1 Å². The number of thioether (sulfide) groups is 1. The zero-order chi connectivity index (χ0) is 22.7. The van der Waals surface area contributed by atoms with E-state index in [0.29, 0.717) is 16.7 Å². The minimum atomic E-state index is -0.148. The summed E-state index contributed by atoms with van der Waals surface area (Å²) in [6.07, 6.45) is 5.22. The van der Waals surface area contributed by atoms with Crippen molar-refractivity contribution in [2.45, 2.75) is 44.0 Å². The van der Waals surface area contributed by atoms with Crippen LogP contribution in [0.15, 0.2) is 58.3 Å². The van der Waals surface area contributed by atoms with Crippen LogP contribution >= 0.6 is 11.8 Å². The minimum absolute atomic E-state index is 0.0218. The fourth-order valence-corrected chi connectivity index (χ4v) is 5.51. The number of carbonyl (C=O) groups excluding carboxylic acids is 2. The van der Waals surface area contributed by atoms with E-state index in [1.165, 1.54) is 18.2 Å². The fourth-order valence-electron chi connectivity index (χ4n) is 4.45. The van der Waals surface area contributed by atoms with Crippen LogP contribution in [0.25, 0.3) is 6.08 Å². The third kappa shape index (κ3) is 4.85. The van der Waals surface area contributed by atoms with Crippen molar-refractivity contribution in [2.75, 3.05) is 18.6 Å². The number of nitrogens with one attached hydrogen (secondary N) is 1. The van der Waals surface area contributed by atoms with Gasteiger partial charge in [-0.1, -0.05) is 62.7 Å². The molecule has 2 aliphatic rings. The van der Waals surface area contributed by atoms with Crippen LogP contribution in [-0.4, -0.2) is 31.5 Å². The van der Waals surface area contributed by atoms with E-state index in [2.05, 4.69) is 19.2 Å². The molecule has 2 aromatic rings. The van der Waals surface area contributed by atoms with Crippen LogP contribution in [0.1, 0.15) is 38.7 Å². The first-order chi connectivity index (χ1) is 15.5. The lowest BCUT2D eigenvalue weighted by Gasteiger charge is -2.35. The smallest absolute Gasteiger partial charge is 0.265 e. The molecule has 0 radical (unpaired) electrons. The highest BCUT2D eigenvalue weighted by Gasteiger charge is 2.32. The molecule has 2 amide bonds. The van der Waals surface area contributed by atoms with E-state index >= 15 is 0 Å². The molecule has 5 nitrogen and oxygen atoms in total. The fraction of sp³-hybridized carbons (Fsp3) is 0.385. The van der Waals surface area contributed by atoms with Gasteiger partial charge in [-0.15, -0.1) is 0 Å². The Morgan fingerprint density at radius 3 is 2.66 bits per heavy atom. The second kappa shape index (κ2) is 9.82. The van der Waals surface area contributed by atoms with E-state index in [1.807, 2.05) is 54.6 Å². The normalized spacial score (nSPS) is 24.2. The van der Waals surface area contributed by atoms with Crippen LogP contribution in [0.5, 0.6) is 5.75 Å². The van der Waals surface area contributed by atoms with Gasteiger partial charge >= 0.3 is 0 Å². The van der Waals surface area contributed by atoms with Crippen LogP contribution in [0, 0.1) is 11.8 Å². The molecule has 0 bridgehead atoms. The molecule has 0 aromatic heterocycles. The molecule has 168 valence electrons. The monoisotopic (exact) mass is 450 g/mol. The lowest BCUT2D eigenvalue weighted by Crippen LogP contribution is -2.49. The quantitative estimate of drug-likeness (QED) is 0.643. The molecule has 4 rings (SSSR count). The first-order valence-corrected chi connectivity index (χ1v) is 12.0. The predicted octanol–water partition coefficient (Wildman–Crippen LogP) is 5.12. The van der Waals surface area contributed by atoms with E-state index < -0.39 is 0 Å². The van der Waals surface area contributed by atoms with Gasteiger partial charge in [0.15, 0.2) is 0 Å². The third-order valence-electron chi connectivity index (χ3n) is 6.60. The Balaban J connectivity index is 1.55. The van der Waals surface area contributed by atoms with Crippen LogP contribution in [0.4, 0.5) is 5.69 Å². The molecule has 1 aliphatic heterocycles. The lowest BCUT2D eigenvalue weighted by molar-refractivity contribution is -0.123. The average Bonchev–Trinajstić information content (AvgIpc) is 2.80. The molecule has 1 N–H and O–H groups in total.